The van der Waals surface area contributed by atoms with Gasteiger partial charge in [-0.2, -0.15) is 0 Å². The third-order valence-electron chi connectivity index (χ3n) is 15.9. The maximum atomic E-state index is 12.6. The van der Waals surface area contributed by atoms with Gasteiger partial charge in [-0.05, 0) is 64.2 Å². The summed E-state index contributed by atoms with van der Waals surface area (Å²) < 4.78 is 0. The van der Waals surface area contributed by atoms with E-state index in [0.717, 1.165) is 38.5 Å². The normalized spacial score (nSPS) is 13.7. The Balaban J connectivity index is 3.54. The Kier molecular flexibility index (Phi) is 60.6. The molecule has 0 aliphatic heterocycles. The van der Waals surface area contributed by atoms with Gasteiger partial charge in [0.15, 0.2) is 0 Å². The molecule has 4 atom stereocenters. The monoisotopic (exact) mass is 1030 g/mol. The second kappa shape index (κ2) is 61.6. The number of carbonyl (C=O) groups is 1. The van der Waals surface area contributed by atoms with Crippen LogP contribution in [0.2, 0.25) is 0 Å². The van der Waals surface area contributed by atoms with E-state index in [-0.39, 0.29) is 0 Å². The minimum Gasteiger partial charge on any atom is -0.394 e. The van der Waals surface area contributed by atoms with Crippen LogP contribution in [-0.4, -0.2) is 57.3 Å². The van der Waals surface area contributed by atoms with Gasteiger partial charge in [-0.1, -0.05) is 327 Å². The van der Waals surface area contributed by atoms with Crippen molar-refractivity contribution in [3.05, 3.63) is 24.3 Å². The van der Waals surface area contributed by atoms with Crippen molar-refractivity contribution in [2.24, 2.45) is 0 Å². The number of unbranched alkanes of at least 4 members (excludes halogenated alkanes) is 49. The number of allylic oxidation sites excluding steroid dienone is 4. The Labute approximate surface area is 456 Å². The van der Waals surface area contributed by atoms with Gasteiger partial charge >= 0.3 is 0 Å². The third kappa shape index (κ3) is 55.4. The van der Waals surface area contributed by atoms with Crippen molar-refractivity contribution in [2.45, 2.75) is 391 Å². The van der Waals surface area contributed by atoms with Crippen LogP contribution >= 0.6 is 0 Å². The predicted molar refractivity (Wildman–Crippen MR) is 321 cm³/mol. The van der Waals surface area contributed by atoms with E-state index in [1.54, 1.807) is 0 Å². The van der Waals surface area contributed by atoms with Crippen molar-refractivity contribution >= 4 is 5.91 Å². The highest BCUT2D eigenvalue weighted by molar-refractivity contribution is 5.80. The van der Waals surface area contributed by atoms with Gasteiger partial charge in [0.25, 0.3) is 0 Å². The van der Waals surface area contributed by atoms with E-state index in [0.29, 0.717) is 12.8 Å². The van der Waals surface area contributed by atoms with Crippen LogP contribution in [0.5, 0.6) is 0 Å². The van der Waals surface area contributed by atoms with E-state index < -0.39 is 36.9 Å². The largest absolute Gasteiger partial charge is 0.394 e. The lowest BCUT2D eigenvalue weighted by Gasteiger charge is -2.27. The third-order valence-corrected chi connectivity index (χ3v) is 15.9. The van der Waals surface area contributed by atoms with E-state index >= 15 is 0 Å². The fourth-order valence-electron chi connectivity index (χ4n) is 10.7. The lowest BCUT2D eigenvalue weighted by atomic mass is 10.00. The lowest BCUT2D eigenvalue weighted by molar-refractivity contribution is -0.132. The number of nitrogens with one attached hydrogen (secondary N) is 1. The molecule has 0 rings (SSSR count). The second-order valence-electron chi connectivity index (χ2n) is 23.2. The Bertz CT molecular complexity index is 1110. The average Bonchev–Trinajstić information content (AvgIpc) is 3.40. The summed E-state index contributed by atoms with van der Waals surface area (Å²) in [7, 11) is 0. The standard InChI is InChI=1S/C67H131NO5/c1-3-5-7-9-11-13-15-17-19-21-23-25-26-27-28-29-30-31-32-33-34-35-36-37-38-39-41-43-45-47-49-51-53-55-57-59-61-65(71)67(73)68-63(62-69)66(72)64(70)60-58-56-54-52-50-48-46-44-42-40-24-22-20-18-16-14-12-10-8-6-4-2/h31-32,52,54,63-66,69-72H,3-30,33-51,53,55-62H2,1-2H3,(H,68,73)/b32-31-,54-52+. The van der Waals surface area contributed by atoms with E-state index in [4.69, 9.17) is 0 Å². The Hall–Kier alpha value is -1.21. The van der Waals surface area contributed by atoms with Gasteiger partial charge in [0.2, 0.25) is 5.91 Å². The summed E-state index contributed by atoms with van der Waals surface area (Å²) in [6.07, 6.45) is 77.3. The molecule has 0 spiro atoms. The number of carbonyl (C=O) groups excluding carboxylic acids is 1. The topological polar surface area (TPSA) is 110 Å². The minimum atomic E-state index is -1.28. The van der Waals surface area contributed by atoms with Gasteiger partial charge in [0, 0.05) is 0 Å². The van der Waals surface area contributed by atoms with Crippen molar-refractivity contribution < 1.29 is 25.2 Å². The maximum Gasteiger partial charge on any atom is 0.249 e. The number of rotatable bonds is 62. The second-order valence-corrected chi connectivity index (χ2v) is 23.2. The number of hydrogen-bond donors (Lipinski definition) is 5. The van der Waals surface area contributed by atoms with Crippen LogP contribution < -0.4 is 5.32 Å². The molecule has 73 heavy (non-hydrogen) atoms. The number of aliphatic hydroxyl groups is 4. The zero-order valence-corrected chi connectivity index (χ0v) is 49.4. The van der Waals surface area contributed by atoms with Gasteiger partial charge in [-0.15, -0.1) is 0 Å². The molecule has 6 heteroatoms. The number of amides is 1. The molecule has 0 saturated carbocycles. The van der Waals surface area contributed by atoms with Gasteiger partial charge in [-0.25, -0.2) is 0 Å². The fraction of sp³-hybridized carbons (Fsp3) is 0.925. The minimum absolute atomic E-state index is 0.366. The molecule has 0 aromatic carbocycles. The smallest absolute Gasteiger partial charge is 0.249 e. The van der Waals surface area contributed by atoms with Crippen molar-refractivity contribution in [3.8, 4) is 0 Å². The van der Waals surface area contributed by atoms with E-state index in [1.165, 1.54) is 302 Å². The van der Waals surface area contributed by atoms with Crippen molar-refractivity contribution in [3.63, 3.8) is 0 Å². The molecule has 0 aliphatic rings. The molecular weight excluding hydrogens is 899 g/mol. The SMILES string of the molecule is CCCCCCCCCCCCCCCCCC/C=C\CCCCCCCCCCCCCCCCCCC(O)C(=O)NC(CO)C(O)C(O)CCC/C=C/CCCCCCCCCCCCCCCCCC. The molecule has 1 amide bonds. The van der Waals surface area contributed by atoms with Gasteiger partial charge < -0.3 is 25.7 Å². The summed E-state index contributed by atoms with van der Waals surface area (Å²) in [6, 6.07) is -1.00. The van der Waals surface area contributed by atoms with Crippen LogP contribution in [0.1, 0.15) is 367 Å². The highest BCUT2D eigenvalue weighted by Gasteiger charge is 2.28. The summed E-state index contributed by atoms with van der Waals surface area (Å²) in [6.45, 7) is 4.09. The summed E-state index contributed by atoms with van der Waals surface area (Å²) >= 11 is 0. The molecule has 0 heterocycles. The fourth-order valence-corrected chi connectivity index (χ4v) is 10.7. The molecular formula is C67H131NO5. The zero-order chi connectivity index (χ0) is 53.0. The van der Waals surface area contributed by atoms with Crippen molar-refractivity contribution in [1.29, 1.82) is 0 Å². The van der Waals surface area contributed by atoms with Crippen molar-refractivity contribution in [1.82, 2.24) is 5.32 Å². The van der Waals surface area contributed by atoms with Crippen LogP contribution in [0.15, 0.2) is 24.3 Å². The van der Waals surface area contributed by atoms with Crippen molar-refractivity contribution in [2.75, 3.05) is 6.61 Å². The molecule has 0 saturated heterocycles. The number of hydrogen-bond acceptors (Lipinski definition) is 5. The molecule has 0 fully saturated rings. The predicted octanol–water partition coefficient (Wildman–Crippen LogP) is 20.2. The summed E-state index contributed by atoms with van der Waals surface area (Å²) in [5.41, 5.74) is 0. The molecule has 5 N–H and O–H groups in total. The molecule has 434 valence electrons. The van der Waals surface area contributed by atoms with Gasteiger partial charge in [0.1, 0.15) is 12.2 Å². The molecule has 4 unspecified atom stereocenters. The Morgan fingerprint density at radius 1 is 0.329 bits per heavy atom. The van der Waals surface area contributed by atoms with Gasteiger partial charge in [0.05, 0.1) is 18.8 Å². The molecule has 6 nitrogen and oxygen atoms in total. The first-order valence-corrected chi connectivity index (χ1v) is 33.2. The molecule has 0 bridgehead atoms. The first-order valence-electron chi connectivity index (χ1n) is 33.2. The Morgan fingerprint density at radius 3 is 0.822 bits per heavy atom. The molecule has 0 aromatic heterocycles. The highest BCUT2D eigenvalue weighted by Crippen LogP contribution is 2.19. The van der Waals surface area contributed by atoms with Crippen LogP contribution in [0, 0.1) is 0 Å². The first-order chi connectivity index (χ1) is 36.0. The molecule has 0 aromatic rings. The lowest BCUT2D eigenvalue weighted by Crippen LogP contribution is -2.53. The highest BCUT2D eigenvalue weighted by atomic mass is 16.3. The van der Waals surface area contributed by atoms with Crippen LogP contribution in [0.4, 0.5) is 0 Å². The van der Waals surface area contributed by atoms with E-state index in [1.807, 2.05) is 0 Å². The van der Waals surface area contributed by atoms with Gasteiger partial charge in [-0.3, -0.25) is 4.79 Å². The quantitative estimate of drug-likeness (QED) is 0.0308. The Morgan fingerprint density at radius 2 is 0.562 bits per heavy atom. The zero-order valence-electron chi connectivity index (χ0n) is 49.4. The molecule has 0 radical (unpaired) electrons. The van der Waals surface area contributed by atoms with E-state index in [9.17, 15) is 25.2 Å². The number of aliphatic hydroxyl groups excluding tert-OH is 4. The van der Waals surface area contributed by atoms with E-state index in [2.05, 4.69) is 43.5 Å². The molecule has 0 aliphatic carbocycles. The summed E-state index contributed by atoms with van der Waals surface area (Å²) in [4.78, 5) is 12.6. The average molecular weight is 1030 g/mol. The summed E-state index contributed by atoms with van der Waals surface area (Å²) in [5, 5.41) is 44.1. The first kappa shape index (κ1) is 71.8. The summed E-state index contributed by atoms with van der Waals surface area (Å²) in [5.74, 6) is -0.587. The van der Waals surface area contributed by atoms with Crippen LogP contribution in [0.3, 0.4) is 0 Å². The maximum absolute atomic E-state index is 12.6. The van der Waals surface area contributed by atoms with Crippen LogP contribution in [-0.2, 0) is 4.79 Å². The van der Waals surface area contributed by atoms with Crippen LogP contribution in [0.25, 0.3) is 0 Å².